The standard InChI is InChI=1S/C23H24N4O5S/c1-2-3-10-30-17-7-5-16(6-8-17)27-21(28)12-20(22(27)29)33-23(24)26-25-13-15-4-9-18-19(11-15)32-14-31-18/h4-9,11,13,20H,2-3,10,12,14H2,1H3,(H2,24,26). The van der Waals surface area contributed by atoms with E-state index in [0.29, 0.717) is 29.5 Å². The van der Waals surface area contributed by atoms with Crippen LogP contribution in [0.3, 0.4) is 0 Å². The minimum Gasteiger partial charge on any atom is -0.494 e. The summed E-state index contributed by atoms with van der Waals surface area (Å²) in [4.78, 5) is 26.5. The summed E-state index contributed by atoms with van der Waals surface area (Å²) in [6.07, 6.45) is 3.57. The molecule has 10 heteroatoms. The van der Waals surface area contributed by atoms with Gasteiger partial charge in [-0.25, -0.2) is 4.90 Å². The average molecular weight is 469 g/mol. The highest BCUT2D eigenvalue weighted by molar-refractivity contribution is 8.14. The number of amidine groups is 1. The van der Waals surface area contributed by atoms with Crippen LogP contribution in [0.15, 0.2) is 52.7 Å². The van der Waals surface area contributed by atoms with Crippen LogP contribution in [-0.4, -0.2) is 41.8 Å². The Morgan fingerprint density at radius 2 is 2.00 bits per heavy atom. The lowest BCUT2D eigenvalue weighted by molar-refractivity contribution is -0.121. The molecule has 2 aromatic rings. The van der Waals surface area contributed by atoms with Gasteiger partial charge in [0.2, 0.25) is 18.6 Å². The van der Waals surface area contributed by atoms with Gasteiger partial charge in [-0.3, -0.25) is 9.59 Å². The van der Waals surface area contributed by atoms with Gasteiger partial charge in [-0.15, -0.1) is 5.10 Å². The quantitative estimate of drug-likeness (QED) is 0.208. The van der Waals surface area contributed by atoms with Gasteiger partial charge in [-0.2, -0.15) is 5.10 Å². The first-order chi connectivity index (χ1) is 16.0. The van der Waals surface area contributed by atoms with Crippen LogP contribution in [0.2, 0.25) is 0 Å². The molecule has 2 heterocycles. The highest BCUT2D eigenvalue weighted by Crippen LogP contribution is 2.32. The molecule has 2 aliphatic heterocycles. The Morgan fingerprint density at radius 3 is 2.79 bits per heavy atom. The van der Waals surface area contributed by atoms with Crippen molar-refractivity contribution in [2.45, 2.75) is 31.4 Å². The Morgan fingerprint density at radius 1 is 1.21 bits per heavy atom. The molecule has 1 fully saturated rings. The number of fused-ring (bicyclic) bond motifs is 1. The first kappa shape index (κ1) is 22.7. The van der Waals surface area contributed by atoms with Crippen LogP contribution >= 0.6 is 11.8 Å². The van der Waals surface area contributed by atoms with E-state index in [-0.39, 0.29) is 30.2 Å². The lowest BCUT2D eigenvalue weighted by Gasteiger charge is -2.15. The summed E-state index contributed by atoms with van der Waals surface area (Å²) in [6, 6.07) is 12.3. The number of ether oxygens (including phenoxy) is 3. The monoisotopic (exact) mass is 468 g/mol. The van der Waals surface area contributed by atoms with Gasteiger partial charge in [0.1, 0.15) is 11.0 Å². The highest BCUT2D eigenvalue weighted by atomic mass is 32.2. The molecule has 1 saturated heterocycles. The van der Waals surface area contributed by atoms with Crippen molar-refractivity contribution in [3.05, 3.63) is 48.0 Å². The van der Waals surface area contributed by atoms with Crippen LogP contribution in [0.5, 0.6) is 17.2 Å². The molecule has 172 valence electrons. The Balaban J connectivity index is 1.35. The van der Waals surface area contributed by atoms with Crippen molar-refractivity contribution >= 4 is 40.6 Å². The molecule has 4 rings (SSSR count). The number of carbonyl (C=O) groups is 2. The van der Waals surface area contributed by atoms with Gasteiger partial charge in [0, 0.05) is 6.42 Å². The average Bonchev–Trinajstić information content (AvgIpc) is 3.38. The van der Waals surface area contributed by atoms with Crippen molar-refractivity contribution in [1.29, 1.82) is 0 Å². The number of benzene rings is 2. The summed E-state index contributed by atoms with van der Waals surface area (Å²) < 4.78 is 16.2. The maximum Gasteiger partial charge on any atom is 0.247 e. The molecule has 2 N–H and O–H groups in total. The van der Waals surface area contributed by atoms with Crippen LogP contribution in [0.25, 0.3) is 0 Å². The van der Waals surface area contributed by atoms with E-state index in [1.165, 1.54) is 11.1 Å². The van der Waals surface area contributed by atoms with Crippen LogP contribution in [0, 0.1) is 0 Å². The number of unbranched alkanes of at least 4 members (excludes halogenated alkanes) is 1. The highest BCUT2D eigenvalue weighted by Gasteiger charge is 2.40. The molecule has 33 heavy (non-hydrogen) atoms. The molecule has 9 nitrogen and oxygen atoms in total. The zero-order valence-corrected chi connectivity index (χ0v) is 18.9. The fraction of sp³-hybridized carbons (Fsp3) is 0.304. The van der Waals surface area contributed by atoms with E-state index in [1.54, 1.807) is 36.4 Å². The summed E-state index contributed by atoms with van der Waals surface area (Å²) >= 11 is 1.02. The third-order valence-corrected chi connectivity index (χ3v) is 5.97. The first-order valence-corrected chi connectivity index (χ1v) is 11.5. The minimum absolute atomic E-state index is 0.0420. The second kappa shape index (κ2) is 10.4. The molecule has 0 aliphatic carbocycles. The van der Waals surface area contributed by atoms with Crippen LogP contribution in [0.4, 0.5) is 5.69 Å². The number of nitrogens with zero attached hydrogens (tertiary/aromatic N) is 3. The van der Waals surface area contributed by atoms with E-state index >= 15 is 0 Å². The summed E-state index contributed by atoms with van der Waals surface area (Å²) in [5.74, 6) is 1.41. The van der Waals surface area contributed by atoms with Crippen molar-refractivity contribution in [1.82, 2.24) is 0 Å². The largest absolute Gasteiger partial charge is 0.494 e. The molecule has 0 radical (unpaired) electrons. The number of hydrogen-bond acceptors (Lipinski definition) is 8. The third-order valence-electron chi connectivity index (χ3n) is 4.99. The SMILES string of the molecule is CCCCOc1ccc(N2C(=O)CC(SC(N)=NN=Cc3ccc4c(c3)OCO4)C2=O)cc1. The molecular formula is C23H24N4O5S. The summed E-state index contributed by atoms with van der Waals surface area (Å²) in [5.41, 5.74) is 7.21. The molecule has 1 unspecified atom stereocenters. The van der Waals surface area contributed by atoms with Crippen LogP contribution < -0.4 is 24.8 Å². The second-order valence-electron chi connectivity index (χ2n) is 7.37. The van der Waals surface area contributed by atoms with E-state index in [9.17, 15) is 9.59 Å². The molecule has 0 saturated carbocycles. The molecule has 0 spiro atoms. The topological polar surface area (TPSA) is 116 Å². The van der Waals surface area contributed by atoms with Crippen LogP contribution in [0.1, 0.15) is 31.7 Å². The number of thioether (sulfide) groups is 1. The first-order valence-electron chi connectivity index (χ1n) is 10.6. The van der Waals surface area contributed by atoms with E-state index in [4.69, 9.17) is 19.9 Å². The molecule has 0 bridgehead atoms. The van der Waals surface area contributed by atoms with Crippen LogP contribution in [-0.2, 0) is 9.59 Å². The molecule has 2 aliphatic rings. The van der Waals surface area contributed by atoms with Crippen molar-refractivity contribution in [2.75, 3.05) is 18.3 Å². The number of rotatable bonds is 8. The Kier molecular flexibility index (Phi) is 7.13. The predicted molar refractivity (Wildman–Crippen MR) is 127 cm³/mol. The van der Waals surface area contributed by atoms with E-state index < -0.39 is 5.25 Å². The van der Waals surface area contributed by atoms with Crippen molar-refractivity contribution < 1.29 is 23.8 Å². The maximum absolute atomic E-state index is 12.8. The van der Waals surface area contributed by atoms with E-state index in [1.807, 2.05) is 6.07 Å². The Bertz CT molecular complexity index is 1090. The fourth-order valence-electron chi connectivity index (χ4n) is 3.31. The normalized spacial score (nSPS) is 17.9. The van der Waals surface area contributed by atoms with Crippen molar-refractivity contribution in [3.63, 3.8) is 0 Å². The van der Waals surface area contributed by atoms with Gasteiger partial charge in [-0.05, 0) is 54.4 Å². The Hall–Kier alpha value is -3.53. The smallest absolute Gasteiger partial charge is 0.247 e. The number of hydrogen-bond donors (Lipinski definition) is 1. The predicted octanol–water partition coefficient (Wildman–Crippen LogP) is 3.31. The van der Waals surface area contributed by atoms with Crippen molar-refractivity contribution in [3.8, 4) is 17.2 Å². The number of nitrogens with two attached hydrogens (primary N) is 1. The second-order valence-corrected chi connectivity index (χ2v) is 8.59. The molecule has 1 atom stereocenters. The summed E-state index contributed by atoms with van der Waals surface area (Å²) in [7, 11) is 0. The lowest BCUT2D eigenvalue weighted by Crippen LogP contribution is -2.31. The number of anilines is 1. The lowest BCUT2D eigenvalue weighted by atomic mass is 10.2. The number of carbonyl (C=O) groups excluding carboxylic acids is 2. The third kappa shape index (κ3) is 5.46. The maximum atomic E-state index is 12.8. The van der Waals surface area contributed by atoms with E-state index in [2.05, 4.69) is 17.1 Å². The fourth-order valence-corrected chi connectivity index (χ4v) is 4.13. The molecule has 0 aromatic heterocycles. The van der Waals surface area contributed by atoms with Gasteiger partial charge in [0.25, 0.3) is 0 Å². The minimum atomic E-state index is -0.650. The van der Waals surface area contributed by atoms with Gasteiger partial charge in [-0.1, -0.05) is 25.1 Å². The molecule has 2 amide bonds. The number of imide groups is 1. The zero-order valence-electron chi connectivity index (χ0n) is 18.1. The summed E-state index contributed by atoms with van der Waals surface area (Å²) in [6.45, 7) is 2.92. The van der Waals surface area contributed by atoms with Crippen molar-refractivity contribution in [2.24, 2.45) is 15.9 Å². The number of amides is 2. The zero-order chi connectivity index (χ0) is 23.2. The van der Waals surface area contributed by atoms with Gasteiger partial charge in [0.15, 0.2) is 16.7 Å². The summed E-state index contributed by atoms with van der Waals surface area (Å²) in [5, 5.41) is 7.35. The van der Waals surface area contributed by atoms with E-state index in [0.717, 1.165) is 30.2 Å². The van der Waals surface area contributed by atoms with Gasteiger partial charge in [0.05, 0.1) is 18.5 Å². The molecule has 2 aromatic carbocycles. The Labute approximate surface area is 195 Å². The molecular weight excluding hydrogens is 444 g/mol. The van der Waals surface area contributed by atoms with Gasteiger partial charge < -0.3 is 19.9 Å². The van der Waals surface area contributed by atoms with Gasteiger partial charge >= 0.3 is 0 Å².